The molecule has 0 radical (unpaired) electrons. The topological polar surface area (TPSA) is 80.9 Å². The molecule has 106 valence electrons. The molecule has 0 saturated carbocycles. The normalized spacial score (nSPS) is 10.8. The van der Waals surface area contributed by atoms with Crippen LogP contribution >= 0.6 is 11.3 Å². The van der Waals surface area contributed by atoms with Gasteiger partial charge in [-0.3, -0.25) is 10.1 Å². The highest BCUT2D eigenvalue weighted by molar-refractivity contribution is 7.22. The van der Waals surface area contributed by atoms with Crippen molar-refractivity contribution in [1.82, 2.24) is 9.97 Å². The van der Waals surface area contributed by atoms with Gasteiger partial charge in [0, 0.05) is 12.3 Å². The van der Waals surface area contributed by atoms with Crippen LogP contribution in [0.3, 0.4) is 0 Å². The minimum Gasteiger partial charge on any atom is -0.384 e. The molecule has 3 aromatic rings. The van der Waals surface area contributed by atoms with Crippen LogP contribution in [0.2, 0.25) is 0 Å². The molecule has 1 aromatic carbocycles. The Kier molecular flexibility index (Phi) is 3.22. The van der Waals surface area contributed by atoms with Gasteiger partial charge in [-0.25, -0.2) is 18.7 Å². The van der Waals surface area contributed by atoms with Crippen LogP contribution in [-0.4, -0.2) is 15.9 Å². The second-order valence-corrected chi connectivity index (χ2v) is 5.21. The van der Waals surface area contributed by atoms with Crippen molar-refractivity contribution in [3.8, 4) is 0 Å². The number of carbonyl (C=O) groups is 1. The zero-order valence-corrected chi connectivity index (χ0v) is 11.2. The quantitative estimate of drug-likeness (QED) is 0.763. The standard InChI is InChI=1S/C13H8F2N4OS/c14-7-3-9-10(4-8(7)15)21-13(18-9)19-12(20)6-1-2-11(16)17-5-6/h1-5H,(H2,16,17)(H,18,19,20). The molecule has 2 heterocycles. The molecule has 3 N–H and O–H groups in total. The Morgan fingerprint density at radius 2 is 2.00 bits per heavy atom. The van der Waals surface area contributed by atoms with Crippen molar-refractivity contribution in [2.45, 2.75) is 0 Å². The number of rotatable bonds is 2. The third-order valence-corrected chi connectivity index (χ3v) is 3.63. The predicted molar refractivity (Wildman–Crippen MR) is 76.1 cm³/mol. The Morgan fingerprint density at radius 3 is 2.71 bits per heavy atom. The highest BCUT2D eigenvalue weighted by atomic mass is 32.1. The fourth-order valence-corrected chi connectivity index (χ4v) is 2.55. The van der Waals surface area contributed by atoms with E-state index in [0.29, 0.717) is 16.1 Å². The van der Waals surface area contributed by atoms with E-state index in [-0.39, 0.29) is 10.6 Å². The van der Waals surface area contributed by atoms with E-state index in [1.807, 2.05) is 0 Å². The molecule has 0 atom stereocenters. The lowest BCUT2D eigenvalue weighted by atomic mass is 10.2. The van der Waals surface area contributed by atoms with Gasteiger partial charge in [0.1, 0.15) is 5.82 Å². The van der Waals surface area contributed by atoms with E-state index in [4.69, 9.17) is 5.73 Å². The molecular formula is C13H8F2N4OS. The molecule has 0 aliphatic carbocycles. The van der Waals surface area contributed by atoms with Crippen molar-refractivity contribution in [1.29, 1.82) is 0 Å². The Bertz CT molecular complexity index is 793. The first-order valence-corrected chi connectivity index (χ1v) is 6.63. The van der Waals surface area contributed by atoms with Gasteiger partial charge in [0.25, 0.3) is 5.91 Å². The Labute approximate surface area is 121 Å². The number of carbonyl (C=O) groups excluding carboxylic acids is 1. The number of halogens is 2. The van der Waals surface area contributed by atoms with Crippen LogP contribution in [0, 0.1) is 11.6 Å². The van der Waals surface area contributed by atoms with Crippen LogP contribution in [0.4, 0.5) is 19.7 Å². The second-order valence-electron chi connectivity index (χ2n) is 4.18. The predicted octanol–water partition coefficient (Wildman–Crippen LogP) is 2.80. The SMILES string of the molecule is Nc1ccc(C(=O)Nc2nc3cc(F)c(F)cc3s2)cn1. The number of hydrogen-bond donors (Lipinski definition) is 2. The largest absolute Gasteiger partial charge is 0.384 e. The van der Waals surface area contributed by atoms with E-state index in [1.165, 1.54) is 18.3 Å². The summed E-state index contributed by atoms with van der Waals surface area (Å²) in [6.45, 7) is 0. The number of thiazole rings is 1. The number of nitrogens with two attached hydrogens (primary N) is 1. The van der Waals surface area contributed by atoms with Gasteiger partial charge in [0.05, 0.1) is 15.8 Å². The summed E-state index contributed by atoms with van der Waals surface area (Å²) < 4.78 is 26.7. The number of nitrogen functional groups attached to an aromatic ring is 1. The van der Waals surface area contributed by atoms with Gasteiger partial charge in [-0.1, -0.05) is 11.3 Å². The number of fused-ring (bicyclic) bond motifs is 1. The fourth-order valence-electron chi connectivity index (χ4n) is 1.69. The molecule has 0 spiro atoms. The first-order valence-electron chi connectivity index (χ1n) is 5.81. The number of pyridine rings is 1. The molecule has 1 amide bonds. The van der Waals surface area contributed by atoms with E-state index in [1.54, 1.807) is 0 Å². The number of nitrogens with one attached hydrogen (secondary N) is 1. The molecule has 21 heavy (non-hydrogen) atoms. The van der Waals surface area contributed by atoms with E-state index in [0.717, 1.165) is 23.5 Å². The average Bonchev–Trinajstić information content (AvgIpc) is 2.81. The summed E-state index contributed by atoms with van der Waals surface area (Å²) in [7, 11) is 0. The van der Waals surface area contributed by atoms with E-state index < -0.39 is 17.5 Å². The maximum Gasteiger partial charge on any atom is 0.259 e. The van der Waals surface area contributed by atoms with Crippen molar-refractivity contribution in [2.75, 3.05) is 11.1 Å². The molecule has 8 heteroatoms. The first-order chi connectivity index (χ1) is 10.0. The number of amides is 1. The van der Waals surface area contributed by atoms with Crippen molar-refractivity contribution < 1.29 is 13.6 Å². The van der Waals surface area contributed by atoms with Crippen LogP contribution in [-0.2, 0) is 0 Å². The summed E-state index contributed by atoms with van der Waals surface area (Å²) in [5, 5.41) is 2.80. The van der Waals surface area contributed by atoms with Gasteiger partial charge in [-0.2, -0.15) is 0 Å². The zero-order chi connectivity index (χ0) is 15.0. The summed E-state index contributed by atoms with van der Waals surface area (Å²) in [5.74, 6) is -2.06. The molecule has 0 fully saturated rings. The van der Waals surface area contributed by atoms with Crippen LogP contribution in [0.5, 0.6) is 0 Å². The van der Waals surface area contributed by atoms with Gasteiger partial charge in [-0.15, -0.1) is 0 Å². The second kappa shape index (κ2) is 5.06. The van der Waals surface area contributed by atoms with Crippen LogP contribution in [0.15, 0.2) is 30.5 Å². The third kappa shape index (κ3) is 2.65. The molecule has 0 saturated heterocycles. The lowest BCUT2D eigenvalue weighted by Crippen LogP contribution is -2.12. The van der Waals surface area contributed by atoms with Crippen molar-refractivity contribution in [2.24, 2.45) is 0 Å². The number of anilines is 2. The fraction of sp³-hybridized carbons (Fsp3) is 0. The number of aromatic nitrogens is 2. The monoisotopic (exact) mass is 306 g/mol. The maximum absolute atomic E-state index is 13.1. The van der Waals surface area contributed by atoms with E-state index in [2.05, 4.69) is 15.3 Å². The first kappa shape index (κ1) is 13.4. The molecule has 0 unspecified atom stereocenters. The minimum absolute atomic E-state index is 0.247. The van der Waals surface area contributed by atoms with E-state index in [9.17, 15) is 13.6 Å². The number of benzene rings is 1. The number of nitrogens with zero attached hydrogens (tertiary/aromatic N) is 2. The Morgan fingerprint density at radius 1 is 1.24 bits per heavy atom. The highest BCUT2D eigenvalue weighted by Crippen LogP contribution is 2.28. The molecule has 0 aliphatic heterocycles. The summed E-state index contributed by atoms with van der Waals surface area (Å²) in [5.41, 5.74) is 6.02. The van der Waals surface area contributed by atoms with Gasteiger partial charge in [0.15, 0.2) is 16.8 Å². The van der Waals surface area contributed by atoms with Gasteiger partial charge < -0.3 is 5.73 Å². The lowest BCUT2D eigenvalue weighted by Gasteiger charge is -2.00. The summed E-state index contributed by atoms with van der Waals surface area (Å²) in [6.07, 6.45) is 1.33. The average molecular weight is 306 g/mol. The van der Waals surface area contributed by atoms with E-state index >= 15 is 0 Å². The zero-order valence-electron chi connectivity index (χ0n) is 10.4. The molecular weight excluding hydrogens is 298 g/mol. The van der Waals surface area contributed by atoms with Crippen molar-refractivity contribution in [3.63, 3.8) is 0 Å². The van der Waals surface area contributed by atoms with Gasteiger partial charge in [0.2, 0.25) is 0 Å². The van der Waals surface area contributed by atoms with Crippen molar-refractivity contribution >= 4 is 38.4 Å². The smallest absolute Gasteiger partial charge is 0.259 e. The molecule has 3 rings (SSSR count). The Hall–Kier alpha value is -2.61. The maximum atomic E-state index is 13.1. The third-order valence-electron chi connectivity index (χ3n) is 2.70. The summed E-state index contributed by atoms with van der Waals surface area (Å²) in [6, 6.07) is 5.05. The van der Waals surface area contributed by atoms with Gasteiger partial charge >= 0.3 is 0 Å². The molecule has 2 aromatic heterocycles. The minimum atomic E-state index is -0.978. The van der Waals surface area contributed by atoms with Crippen LogP contribution in [0.1, 0.15) is 10.4 Å². The molecule has 0 bridgehead atoms. The molecule has 5 nitrogen and oxygen atoms in total. The summed E-state index contributed by atoms with van der Waals surface area (Å²) >= 11 is 1.05. The summed E-state index contributed by atoms with van der Waals surface area (Å²) in [4.78, 5) is 19.8. The lowest BCUT2D eigenvalue weighted by molar-refractivity contribution is 0.102. The van der Waals surface area contributed by atoms with Crippen molar-refractivity contribution in [3.05, 3.63) is 47.7 Å². The molecule has 0 aliphatic rings. The Balaban J connectivity index is 1.87. The van der Waals surface area contributed by atoms with Gasteiger partial charge in [-0.05, 0) is 18.2 Å². The van der Waals surface area contributed by atoms with Crippen LogP contribution in [0.25, 0.3) is 10.2 Å². The number of hydrogen-bond acceptors (Lipinski definition) is 5. The van der Waals surface area contributed by atoms with Crippen LogP contribution < -0.4 is 11.1 Å². The highest BCUT2D eigenvalue weighted by Gasteiger charge is 2.12.